The zero-order chi connectivity index (χ0) is 25.2. The highest BCUT2D eigenvalue weighted by Crippen LogP contribution is 2.48. The summed E-state index contributed by atoms with van der Waals surface area (Å²) < 4.78 is 56.3. The summed E-state index contributed by atoms with van der Waals surface area (Å²) in [5.41, 5.74) is 3.92. The maximum absolute atomic E-state index is 12.8. The highest BCUT2D eigenvalue weighted by atomic mass is 19.3. The number of oxazole rings is 1. The number of hydrogen-bond donors (Lipinski definition) is 1. The standard InChI is InChI=1S/C13H13F2N3.C13H12F2N2O/c14-13(15)6-10(7-13)12-17-8-11(18-12)5-9-1-3-16-4-2-9;14-13(15)6-10(7-13)12-17-11(8-18-12)5-9-1-3-16-4-2-9/h1-4,8,10H,5-7H2,(H,17,18);1-4,8,10H,5-7H2. The van der Waals surface area contributed by atoms with E-state index in [0.717, 1.165) is 28.9 Å². The maximum atomic E-state index is 12.8. The van der Waals surface area contributed by atoms with Crippen LogP contribution in [0.4, 0.5) is 17.6 Å². The molecule has 10 heteroatoms. The van der Waals surface area contributed by atoms with Gasteiger partial charge in [0.2, 0.25) is 11.8 Å². The van der Waals surface area contributed by atoms with Gasteiger partial charge in [-0.2, -0.15) is 0 Å². The van der Waals surface area contributed by atoms with Crippen molar-refractivity contribution in [1.29, 1.82) is 0 Å². The number of aromatic amines is 1. The van der Waals surface area contributed by atoms with Crippen LogP contribution < -0.4 is 0 Å². The fourth-order valence-corrected chi connectivity index (χ4v) is 4.39. The van der Waals surface area contributed by atoms with Crippen LogP contribution in [0.5, 0.6) is 0 Å². The van der Waals surface area contributed by atoms with Crippen molar-refractivity contribution in [2.75, 3.05) is 0 Å². The molecular formula is C26H25F4N5O. The minimum atomic E-state index is -2.54. The van der Waals surface area contributed by atoms with Gasteiger partial charge in [-0.1, -0.05) is 0 Å². The normalized spacial score (nSPS) is 18.6. The minimum absolute atomic E-state index is 0.0881. The number of rotatable bonds is 6. The molecule has 4 aromatic rings. The Balaban J connectivity index is 0.000000148. The summed E-state index contributed by atoms with van der Waals surface area (Å²) in [4.78, 5) is 19.5. The summed E-state index contributed by atoms with van der Waals surface area (Å²) in [7, 11) is 0. The molecule has 0 aromatic carbocycles. The van der Waals surface area contributed by atoms with Crippen LogP contribution in [0.1, 0.15) is 71.7 Å². The summed E-state index contributed by atoms with van der Waals surface area (Å²) in [6.07, 6.45) is 11.0. The number of hydrogen-bond acceptors (Lipinski definition) is 5. The van der Waals surface area contributed by atoms with Crippen LogP contribution >= 0.6 is 0 Å². The van der Waals surface area contributed by atoms with Crippen molar-refractivity contribution in [2.24, 2.45) is 0 Å². The van der Waals surface area contributed by atoms with E-state index in [9.17, 15) is 17.6 Å². The van der Waals surface area contributed by atoms with Crippen molar-refractivity contribution < 1.29 is 22.0 Å². The molecule has 0 atom stereocenters. The smallest absolute Gasteiger partial charge is 0.249 e. The molecular weight excluding hydrogens is 474 g/mol. The third-order valence-corrected chi connectivity index (χ3v) is 6.41. The van der Waals surface area contributed by atoms with E-state index in [1.807, 2.05) is 24.3 Å². The molecule has 4 aromatic heterocycles. The average molecular weight is 500 g/mol. The summed E-state index contributed by atoms with van der Waals surface area (Å²) in [6, 6.07) is 7.65. The first-order chi connectivity index (χ1) is 17.2. The van der Waals surface area contributed by atoms with Crippen molar-refractivity contribution in [2.45, 2.75) is 62.2 Å². The molecule has 0 unspecified atom stereocenters. The van der Waals surface area contributed by atoms with Gasteiger partial charge in [0.15, 0.2) is 5.89 Å². The largest absolute Gasteiger partial charge is 0.448 e. The van der Waals surface area contributed by atoms with Crippen LogP contribution in [0, 0.1) is 0 Å². The Morgan fingerprint density at radius 3 is 1.94 bits per heavy atom. The molecule has 0 radical (unpaired) electrons. The molecule has 6 nitrogen and oxygen atoms in total. The van der Waals surface area contributed by atoms with Crippen molar-refractivity contribution in [3.05, 3.63) is 95.7 Å². The minimum Gasteiger partial charge on any atom is -0.448 e. The second-order valence-electron chi connectivity index (χ2n) is 9.46. The Bertz CT molecular complexity index is 1160. The number of halogens is 4. The monoisotopic (exact) mass is 499 g/mol. The number of pyridine rings is 2. The summed E-state index contributed by atoms with van der Waals surface area (Å²) in [5, 5.41) is 0. The topological polar surface area (TPSA) is 80.5 Å². The maximum Gasteiger partial charge on any atom is 0.249 e. The van der Waals surface area contributed by atoms with E-state index >= 15 is 0 Å². The first kappa shape index (κ1) is 24.1. The zero-order valence-electron chi connectivity index (χ0n) is 19.4. The Kier molecular flexibility index (Phi) is 6.59. The Morgan fingerprint density at radius 1 is 0.806 bits per heavy atom. The highest BCUT2D eigenvalue weighted by molar-refractivity contribution is 5.20. The van der Waals surface area contributed by atoms with E-state index in [1.165, 1.54) is 0 Å². The third kappa shape index (κ3) is 5.98. The van der Waals surface area contributed by atoms with Crippen LogP contribution in [0.3, 0.4) is 0 Å². The number of nitrogens with zero attached hydrogens (tertiary/aromatic N) is 4. The number of imidazole rings is 1. The molecule has 0 bridgehead atoms. The fourth-order valence-electron chi connectivity index (χ4n) is 4.39. The molecule has 188 valence electrons. The van der Waals surface area contributed by atoms with Crippen molar-refractivity contribution >= 4 is 0 Å². The van der Waals surface area contributed by atoms with E-state index in [0.29, 0.717) is 18.1 Å². The van der Waals surface area contributed by atoms with Crippen molar-refractivity contribution in [1.82, 2.24) is 24.9 Å². The predicted octanol–water partition coefficient (Wildman–Crippen LogP) is 6.08. The summed E-state index contributed by atoms with van der Waals surface area (Å²) in [5.74, 6) is -4.26. The zero-order valence-corrected chi connectivity index (χ0v) is 19.4. The lowest BCUT2D eigenvalue weighted by molar-refractivity contribution is -0.0918. The second-order valence-corrected chi connectivity index (χ2v) is 9.46. The van der Waals surface area contributed by atoms with Crippen LogP contribution in [-0.2, 0) is 12.8 Å². The first-order valence-corrected chi connectivity index (χ1v) is 11.8. The van der Waals surface area contributed by atoms with E-state index in [4.69, 9.17) is 4.42 Å². The lowest BCUT2D eigenvalue weighted by atomic mass is 9.81. The Hall–Kier alpha value is -3.56. The molecule has 0 saturated heterocycles. The van der Waals surface area contributed by atoms with E-state index < -0.39 is 11.8 Å². The molecule has 2 fully saturated rings. The average Bonchev–Trinajstić information content (AvgIpc) is 3.47. The van der Waals surface area contributed by atoms with Crippen molar-refractivity contribution in [3.8, 4) is 0 Å². The Morgan fingerprint density at radius 2 is 1.36 bits per heavy atom. The van der Waals surface area contributed by atoms with Gasteiger partial charge in [0, 0.05) is 87.0 Å². The lowest BCUT2D eigenvalue weighted by Crippen LogP contribution is -2.34. The van der Waals surface area contributed by atoms with Crippen LogP contribution in [-0.4, -0.2) is 36.8 Å². The molecule has 4 heterocycles. The van der Waals surface area contributed by atoms with Gasteiger partial charge < -0.3 is 9.40 Å². The fraction of sp³-hybridized carbons (Fsp3) is 0.385. The molecule has 0 aliphatic heterocycles. The van der Waals surface area contributed by atoms with E-state index in [2.05, 4.69) is 24.9 Å². The molecule has 6 rings (SSSR count). The van der Waals surface area contributed by atoms with Gasteiger partial charge in [0.1, 0.15) is 12.1 Å². The Labute approximate surface area is 205 Å². The van der Waals surface area contributed by atoms with E-state index in [-0.39, 0.29) is 37.5 Å². The lowest BCUT2D eigenvalue weighted by Gasteiger charge is -2.33. The van der Waals surface area contributed by atoms with Gasteiger partial charge in [-0.25, -0.2) is 27.5 Å². The van der Waals surface area contributed by atoms with Gasteiger partial charge >= 0.3 is 0 Å². The number of aromatic nitrogens is 5. The van der Waals surface area contributed by atoms with Crippen LogP contribution in [0.2, 0.25) is 0 Å². The highest BCUT2D eigenvalue weighted by Gasteiger charge is 2.48. The molecule has 2 aliphatic carbocycles. The molecule has 1 N–H and O–H groups in total. The third-order valence-electron chi connectivity index (χ3n) is 6.41. The van der Waals surface area contributed by atoms with E-state index in [1.54, 1.807) is 37.2 Å². The summed E-state index contributed by atoms with van der Waals surface area (Å²) >= 11 is 0. The van der Waals surface area contributed by atoms with Gasteiger partial charge in [0.25, 0.3) is 0 Å². The summed E-state index contributed by atoms with van der Waals surface area (Å²) in [6.45, 7) is 0. The predicted molar refractivity (Wildman–Crippen MR) is 123 cm³/mol. The second kappa shape index (κ2) is 9.83. The van der Waals surface area contributed by atoms with Gasteiger partial charge in [-0.15, -0.1) is 0 Å². The van der Waals surface area contributed by atoms with Gasteiger partial charge in [-0.3, -0.25) is 9.97 Å². The number of alkyl halides is 4. The van der Waals surface area contributed by atoms with Crippen LogP contribution in [0.15, 0.2) is 65.9 Å². The van der Waals surface area contributed by atoms with Gasteiger partial charge in [-0.05, 0) is 35.4 Å². The number of H-pyrrole nitrogens is 1. The quantitative estimate of drug-likeness (QED) is 0.325. The molecule has 2 saturated carbocycles. The van der Waals surface area contributed by atoms with Crippen LogP contribution in [0.25, 0.3) is 0 Å². The van der Waals surface area contributed by atoms with Crippen molar-refractivity contribution in [3.63, 3.8) is 0 Å². The SMILES string of the molecule is FC1(F)CC(c2nc(Cc3ccncc3)co2)C1.FC1(F)CC(c2ncc(Cc3ccncc3)[nH]2)C1. The number of nitrogens with one attached hydrogen (secondary N) is 1. The molecule has 0 spiro atoms. The van der Waals surface area contributed by atoms with Gasteiger partial charge in [0.05, 0.1) is 5.69 Å². The molecule has 36 heavy (non-hydrogen) atoms. The first-order valence-electron chi connectivity index (χ1n) is 11.8. The molecule has 2 aliphatic rings. The molecule has 0 amide bonds.